The maximum atomic E-state index is 13.8. The summed E-state index contributed by atoms with van der Waals surface area (Å²) >= 11 is 1.10. The number of rotatable bonds is 4. The third kappa shape index (κ3) is 3.19. The topological polar surface area (TPSA) is 74.4 Å². The van der Waals surface area contributed by atoms with Crippen molar-refractivity contribution in [3.8, 4) is 10.8 Å². The van der Waals surface area contributed by atoms with E-state index in [9.17, 15) is 9.18 Å². The van der Waals surface area contributed by atoms with E-state index in [4.69, 9.17) is 15.2 Å². The smallest absolute Gasteiger partial charge is 0.338 e. The van der Waals surface area contributed by atoms with Gasteiger partial charge in [-0.25, -0.2) is 14.2 Å². The number of aromatic nitrogens is 1. The van der Waals surface area contributed by atoms with Crippen LogP contribution in [-0.4, -0.2) is 17.6 Å². The number of hydrogen-bond donors (Lipinski definition) is 1. The average molecular weight is 282 g/mol. The lowest BCUT2D eigenvalue weighted by atomic mass is 10.2. The van der Waals surface area contributed by atoms with Crippen LogP contribution in [0.4, 0.5) is 9.52 Å². The molecule has 19 heavy (non-hydrogen) atoms. The number of hydrogen-bond acceptors (Lipinski definition) is 6. The van der Waals surface area contributed by atoms with Gasteiger partial charge in [-0.1, -0.05) is 11.3 Å². The molecule has 100 valence electrons. The molecule has 1 heterocycles. The fraction of sp³-hybridized carbons (Fsp3) is 0.167. The highest BCUT2D eigenvalue weighted by Crippen LogP contribution is 2.30. The molecule has 0 aliphatic rings. The van der Waals surface area contributed by atoms with E-state index in [2.05, 4.69) is 4.98 Å². The Bertz CT molecular complexity index is 600. The Kier molecular flexibility index (Phi) is 3.96. The van der Waals surface area contributed by atoms with Crippen LogP contribution < -0.4 is 10.5 Å². The summed E-state index contributed by atoms with van der Waals surface area (Å²) < 4.78 is 23.8. The van der Waals surface area contributed by atoms with Gasteiger partial charge in [0.15, 0.2) is 16.7 Å². The predicted molar refractivity (Wildman–Crippen MR) is 69.0 cm³/mol. The zero-order valence-corrected chi connectivity index (χ0v) is 10.9. The van der Waals surface area contributed by atoms with Crippen LogP contribution in [0.5, 0.6) is 10.8 Å². The first kappa shape index (κ1) is 13.3. The zero-order chi connectivity index (χ0) is 13.8. The maximum Gasteiger partial charge on any atom is 0.338 e. The first-order chi connectivity index (χ1) is 9.10. The molecule has 0 bridgehead atoms. The van der Waals surface area contributed by atoms with E-state index >= 15 is 0 Å². The minimum atomic E-state index is -0.655. The van der Waals surface area contributed by atoms with Gasteiger partial charge in [0.25, 0.3) is 0 Å². The number of nitrogen functional groups attached to an aromatic ring is 1. The molecule has 0 fully saturated rings. The molecule has 0 unspecified atom stereocenters. The van der Waals surface area contributed by atoms with Gasteiger partial charge in [0.2, 0.25) is 5.06 Å². The molecule has 0 atom stereocenters. The maximum absolute atomic E-state index is 13.8. The second kappa shape index (κ2) is 5.66. The number of benzene rings is 1. The van der Waals surface area contributed by atoms with Crippen LogP contribution in [0.15, 0.2) is 24.4 Å². The van der Waals surface area contributed by atoms with E-state index in [1.54, 1.807) is 6.92 Å². The monoisotopic (exact) mass is 282 g/mol. The number of thiazole rings is 1. The summed E-state index contributed by atoms with van der Waals surface area (Å²) in [6.07, 6.45) is 1.40. The van der Waals surface area contributed by atoms with Crippen molar-refractivity contribution in [2.24, 2.45) is 0 Å². The zero-order valence-electron chi connectivity index (χ0n) is 10.1. The van der Waals surface area contributed by atoms with Crippen molar-refractivity contribution in [2.45, 2.75) is 6.92 Å². The quantitative estimate of drug-likeness (QED) is 0.873. The summed E-state index contributed by atoms with van der Waals surface area (Å²) in [5.74, 6) is -1.23. The molecule has 2 N–H and O–H groups in total. The highest BCUT2D eigenvalue weighted by atomic mass is 32.1. The molecular weight excluding hydrogens is 271 g/mol. The molecule has 0 amide bonds. The van der Waals surface area contributed by atoms with Crippen LogP contribution in [0, 0.1) is 5.82 Å². The van der Waals surface area contributed by atoms with Crippen molar-refractivity contribution in [3.63, 3.8) is 0 Å². The van der Waals surface area contributed by atoms with E-state index in [-0.39, 0.29) is 17.9 Å². The molecule has 0 saturated heterocycles. The third-order valence-electron chi connectivity index (χ3n) is 2.16. The molecular formula is C12H11FN2O3S. The summed E-state index contributed by atoms with van der Waals surface area (Å²) in [5, 5.41) is 0.707. The molecule has 0 radical (unpaired) electrons. The molecule has 0 aliphatic carbocycles. The van der Waals surface area contributed by atoms with E-state index in [1.807, 2.05) is 0 Å². The largest absolute Gasteiger partial charge is 0.462 e. The fourth-order valence-corrected chi connectivity index (χ4v) is 1.90. The normalized spacial score (nSPS) is 10.2. The molecule has 0 saturated carbocycles. The van der Waals surface area contributed by atoms with Crippen LogP contribution in [0.2, 0.25) is 0 Å². The van der Waals surface area contributed by atoms with E-state index in [0.29, 0.717) is 10.2 Å². The van der Waals surface area contributed by atoms with E-state index < -0.39 is 11.8 Å². The molecule has 2 aromatic rings. The standard InChI is InChI=1S/C12H11FN2O3S/c1-2-17-11(16)7-3-4-9(8(13)5-7)18-10-6-15-12(14)19-10/h3-6H,2H2,1H3,(H2,14,15). The van der Waals surface area contributed by atoms with Crippen molar-refractivity contribution < 1.29 is 18.7 Å². The van der Waals surface area contributed by atoms with E-state index in [1.165, 1.54) is 18.3 Å². The Morgan fingerprint density at radius 1 is 1.53 bits per heavy atom. The molecule has 2 rings (SSSR count). The fourth-order valence-electron chi connectivity index (χ4n) is 1.35. The Hall–Kier alpha value is -2.15. The number of anilines is 1. The summed E-state index contributed by atoms with van der Waals surface area (Å²) in [6.45, 7) is 1.92. The van der Waals surface area contributed by atoms with Crippen LogP contribution >= 0.6 is 11.3 Å². The van der Waals surface area contributed by atoms with Gasteiger partial charge in [0, 0.05) is 0 Å². The number of carbonyl (C=O) groups excluding carboxylic acids is 1. The molecule has 0 aliphatic heterocycles. The van der Waals surface area contributed by atoms with Gasteiger partial charge in [-0.3, -0.25) is 0 Å². The number of ether oxygens (including phenoxy) is 2. The first-order valence-corrected chi connectivity index (χ1v) is 6.27. The summed E-state index contributed by atoms with van der Waals surface area (Å²) in [4.78, 5) is 15.2. The lowest BCUT2D eigenvalue weighted by Gasteiger charge is -2.06. The second-order valence-electron chi connectivity index (χ2n) is 3.49. The van der Waals surface area contributed by atoms with Crippen molar-refractivity contribution in [1.82, 2.24) is 4.98 Å². The molecule has 0 spiro atoms. The minimum absolute atomic E-state index is 0.00306. The lowest BCUT2D eigenvalue weighted by Crippen LogP contribution is -2.05. The van der Waals surface area contributed by atoms with Gasteiger partial charge < -0.3 is 15.2 Å². The SMILES string of the molecule is CCOC(=O)c1ccc(Oc2cnc(N)s2)c(F)c1. The Balaban J connectivity index is 2.17. The Morgan fingerprint density at radius 2 is 2.32 bits per heavy atom. The Labute approximate surface area is 112 Å². The lowest BCUT2D eigenvalue weighted by molar-refractivity contribution is 0.0526. The van der Waals surface area contributed by atoms with Gasteiger partial charge in [-0.2, -0.15) is 0 Å². The molecule has 5 nitrogen and oxygen atoms in total. The van der Waals surface area contributed by atoms with Crippen molar-refractivity contribution in [1.29, 1.82) is 0 Å². The number of carbonyl (C=O) groups is 1. The van der Waals surface area contributed by atoms with Crippen LogP contribution in [-0.2, 0) is 4.74 Å². The van der Waals surface area contributed by atoms with Gasteiger partial charge in [-0.05, 0) is 25.1 Å². The average Bonchev–Trinajstić information content (AvgIpc) is 2.78. The van der Waals surface area contributed by atoms with Crippen LogP contribution in [0.1, 0.15) is 17.3 Å². The summed E-state index contributed by atoms with van der Waals surface area (Å²) in [7, 11) is 0. The molecule has 1 aromatic carbocycles. The van der Waals surface area contributed by atoms with Gasteiger partial charge in [0.05, 0.1) is 18.4 Å². The van der Waals surface area contributed by atoms with E-state index in [0.717, 1.165) is 17.4 Å². The van der Waals surface area contributed by atoms with Crippen LogP contribution in [0.25, 0.3) is 0 Å². The van der Waals surface area contributed by atoms with Gasteiger partial charge >= 0.3 is 5.97 Å². The number of esters is 1. The van der Waals surface area contributed by atoms with Crippen molar-refractivity contribution in [3.05, 3.63) is 35.8 Å². The highest BCUT2D eigenvalue weighted by Gasteiger charge is 2.12. The van der Waals surface area contributed by atoms with Gasteiger partial charge in [0.1, 0.15) is 0 Å². The number of nitrogens with two attached hydrogens (primary N) is 1. The molecule has 1 aromatic heterocycles. The third-order valence-corrected chi connectivity index (χ3v) is 2.86. The summed E-state index contributed by atoms with van der Waals surface area (Å²) in [6, 6.07) is 3.86. The number of halogens is 1. The van der Waals surface area contributed by atoms with Crippen LogP contribution in [0.3, 0.4) is 0 Å². The highest BCUT2D eigenvalue weighted by molar-refractivity contribution is 7.17. The van der Waals surface area contributed by atoms with Gasteiger partial charge in [-0.15, -0.1) is 0 Å². The second-order valence-corrected chi connectivity index (χ2v) is 4.51. The first-order valence-electron chi connectivity index (χ1n) is 5.46. The predicted octanol–water partition coefficient (Wildman–Crippen LogP) is 2.83. The Morgan fingerprint density at radius 3 is 2.89 bits per heavy atom. The number of nitrogens with zero attached hydrogens (tertiary/aromatic N) is 1. The minimum Gasteiger partial charge on any atom is -0.462 e. The van der Waals surface area contributed by atoms with Crippen molar-refractivity contribution in [2.75, 3.05) is 12.3 Å². The summed E-state index contributed by atoms with van der Waals surface area (Å²) in [5.41, 5.74) is 5.57. The van der Waals surface area contributed by atoms with Crippen molar-refractivity contribution >= 4 is 22.4 Å². The molecule has 7 heteroatoms.